The smallest absolute Gasteiger partial charge is 0.263 e. The van der Waals surface area contributed by atoms with E-state index in [1.54, 1.807) is 12.1 Å². The molecule has 0 aliphatic rings. The zero-order chi connectivity index (χ0) is 14.9. The van der Waals surface area contributed by atoms with Crippen LogP contribution in [0.1, 0.15) is 11.1 Å². The predicted molar refractivity (Wildman–Crippen MR) is 78.6 cm³/mol. The normalized spacial score (nSPS) is 11.4. The molecule has 106 valence electrons. The fourth-order valence-corrected chi connectivity index (χ4v) is 3.00. The average Bonchev–Trinajstić information content (AvgIpc) is 2.35. The number of halogens is 2. The Hall–Kier alpha value is -1.47. The highest BCUT2D eigenvalue weighted by atomic mass is 79.9. The van der Waals surface area contributed by atoms with E-state index in [1.807, 2.05) is 13.8 Å². The topological polar surface area (TPSA) is 59.1 Å². The van der Waals surface area contributed by atoms with Gasteiger partial charge in [0.25, 0.3) is 10.0 Å². The molecule has 0 atom stereocenters. The van der Waals surface area contributed by atoms with E-state index in [0.717, 1.165) is 34.1 Å². The maximum Gasteiger partial charge on any atom is 0.263 e. The molecule has 0 radical (unpaired) electrons. The van der Waals surface area contributed by atoms with Crippen molar-refractivity contribution in [1.82, 2.24) is 4.98 Å². The van der Waals surface area contributed by atoms with Gasteiger partial charge in [0.15, 0.2) is 0 Å². The number of nitrogens with zero attached hydrogens (tertiary/aromatic N) is 1. The number of nitrogens with one attached hydrogen (secondary N) is 1. The monoisotopic (exact) mass is 358 g/mol. The zero-order valence-electron chi connectivity index (χ0n) is 10.8. The molecule has 0 fully saturated rings. The van der Waals surface area contributed by atoms with Gasteiger partial charge in [-0.05, 0) is 43.2 Å². The quantitative estimate of drug-likeness (QED) is 0.914. The number of rotatable bonds is 3. The fourth-order valence-electron chi connectivity index (χ4n) is 1.76. The summed E-state index contributed by atoms with van der Waals surface area (Å²) in [5.74, 6) is -0.698. The van der Waals surface area contributed by atoms with Gasteiger partial charge in [-0.1, -0.05) is 15.9 Å². The number of aryl methyl sites for hydroxylation is 2. The molecule has 1 aromatic heterocycles. The molecule has 2 aromatic rings. The van der Waals surface area contributed by atoms with Crippen molar-refractivity contribution in [2.75, 3.05) is 4.72 Å². The molecule has 0 saturated heterocycles. The lowest BCUT2D eigenvalue weighted by Crippen LogP contribution is -2.13. The predicted octanol–water partition coefficient (Wildman–Crippen LogP) is 3.40. The minimum atomic E-state index is -3.85. The second-order valence-electron chi connectivity index (χ2n) is 4.37. The van der Waals surface area contributed by atoms with E-state index in [4.69, 9.17) is 0 Å². The number of hydrogen-bond donors (Lipinski definition) is 1. The first kappa shape index (κ1) is 14.9. The van der Waals surface area contributed by atoms with Crippen LogP contribution in [0.15, 0.2) is 40.0 Å². The lowest BCUT2D eigenvalue weighted by Gasteiger charge is -2.11. The lowest BCUT2D eigenvalue weighted by molar-refractivity contribution is 0.592. The summed E-state index contributed by atoms with van der Waals surface area (Å²) in [4.78, 5) is 3.33. The Balaban J connectivity index is 2.38. The van der Waals surface area contributed by atoms with E-state index in [9.17, 15) is 12.8 Å². The minimum Gasteiger partial charge on any atom is -0.280 e. The minimum absolute atomic E-state index is 0.212. The summed E-state index contributed by atoms with van der Waals surface area (Å²) in [7, 11) is -3.85. The molecule has 1 N–H and O–H groups in total. The van der Waals surface area contributed by atoms with E-state index in [2.05, 4.69) is 25.6 Å². The second kappa shape index (κ2) is 5.49. The van der Waals surface area contributed by atoms with Crippen molar-refractivity contribution in [2.45, 2.75) is 18.7 Å². The Morgan fingerprint density at radius 3 is 2.30 bits per heavy atom. The second-order valence-corrected chi connectivity index (χ2v) is 6.84. The first-order valence-corrected chi connectivity index (χ1v) is 7.97. The van der Waals surface area contributed by atoms with Gasteiger partial charge in [-0.15, -0.1) is 0 Å². The summed E-state index contributed by atoms with van der Waals surface area (Å²) < 4.78 is 40.7. The Bertz CT molecular complexity index is 740. The lowest BCUT2D eigenvalue weighted by atomic mass is 10.1. The van der Waals surface area contributed by atoms with Crippen molar-refractivity contribution in [3.63, 3.8) is 0 Å². The third-order valence-electron chi connectivity index (χ3n) is 2.68. The summed E-state index contributed by atoms with van der Waals surface area (Å²) in [6.45, 7) is 3.72. The van der Waals surface area contributed by atoms with Crippen molar-refractivity contribution in [1.29, 1.82) is 0 Å². The molecule has 1 heterocycles. The maximum absolute atomic E-state index is 13.1. The first-order valence-electron chi connectivity index (χ1n) is 5.70. The molecular formula is C13H12BrFN2O2S. The van der Waals surface area contributed by atoms with Crippen molar-refractivity contribution in [2.24, 2.45) is 0 Å². The summed E-state index contributed by atoms with van der Waals surface area (Å²) in [6.07, 6.45) is 2.05. The molecule has 0 spiro atoms. The van der Waals surface area contributed by atoms with E-state index in [0.29, 0.717) is 5.69 Å². The van der Waals surface area contributed by atoms with Crippen LogP contribution < -0.4 is 4.72 Å². The van der Waals surface area contributed by atoms with Crippen LogP contribution in [0.4, 0.5) is 10.1 Å². The Labute approximate surface area is 125 Å². The van der Waals surface area contributed by atoms with Gasteiger partial charge in [0, 0.05) is 16.4 Å². The fraction of sp³-hybridized carbons (Fsp3) is 0.154. The van der Waals surface area contributed by atoms with Gasteiger partial charge < -0.3 is 0 Å². The molecule has 0 unspecified atom stereocenters. The molecular weight excluding hydrogens is 347 g/mol. The molecule has 0 aliphatic carbocycles. The summed E-state index contributed by atoms with van der Waals surface area (Å²) in [5.41, 5.74) is 2.23. The van der Waals surface area contributed by atoms with Crippen LogP contribution in [0, 0.1) is 19.7 Å². The van der Waals surface area contributed by atoms with E-state index < -0.39 is 15.8 Å². The molecule has 0 aliphatic heterocycles. The van der Waals surface area contributed by atoms with Crippen molar-refractivity contribution >= 4 is 31.6 Å². The SMILES string of the molecule is Cc1cc(NS(=O)(=O)c2cncc(F)c2)cc(C)c1Br. The molecule has 0 amide bonds. The van der Waals surface area contributed by atoms with Crippen molar-refractivity contribution in [3.8, 4) is 0 Å². The van der Waals surface area contributed by atoms with Gasteiger partial charge >= 0.3 is 0 Å². The van der Waals surface area contributed by atoms with Crippen LogP contribution >= 0.6 is 15.9 Å². The van der Waals surface area contributed by atoms with E-state index in [1.165, 1.54) is 0 Å². The zero-order valence-corrected chi connectivity index (χ0v) is 13.2. The number of pyridine rings is 1. The van der Waals surface area contributed by atoms with Gasteiger partial charge in [-0.2, -0.15) is 0 Å². The third-order valence-corrected chi connectivity index (χ3v) is 5.28. The Kier molecular flexibility index (Phi) is 4.10. The summed E-state index contributed by atoms with van der Waals surface area (Å²) in [5, 5.41) is 0. The average molecular weight is 359 g/mol. The summed E-state index contributed by atoms with van der Waals surface area (Å²) >= 11 is 3.41. The van der Waals surface area contributed by atoms with E-state index >= 15 is 0 Å². The van der Waals surface area contributed by atoms with Gasteiger partial charge in [-0.25, -0.2) is 12.8 Å². The molecule has 1 aromatic carbocycles. The maximum atomic E-state index is 13.1. The van der Waals surface area contributed by atoms with Crippen LogP contribution in [0.5, 0.6) is 0 Å². The van der Waals surface area contributed by atoms with E-state index in [-0.39, 0.29) is 4.90 Å². The standard InChI is InChI=1S/C13H12BrFN2O2S/c1-8-3-11(4-9(2)13(8)14)17-20(18,19)12-5-10(15)6-16-7-12/h3-7,17H,1-2H3. The largest absolute Gasteiger partial charge is 0.280 e. The molecule has 20 heavy (non-hydrogen) atoms. The van der Waals surface area contributed by atoms with Crippen LogP contribution in [0.25, 0.3) is 0 Å². The number of anilines is 1. The molecule has 4 nitrogen and oxygen atoms in total. The Morgan fingerprint density at radius 1 is 1.15 bits per heavy atom. The molecule has 0 bridgehead atoms. The highest BCUT2D eigenvalue weighted by Crippen LogP contribution is 2.26. The van der Waals surface area contributed by atoms with Crippen molar-refractivity contribution < 1.29 is 12.8 Å². The van der Waals surface area contributed by atoms with Crippen LogP contribution in [0.2, 0.25) is 0 Å². The molecule has 0 saturated carbocycles. The third kappa shape index (κ3) is 3.16. The highest BCUT2D eigenvalue weighted by Gasteiger charge is 2.16. The highest BCUT2D eigenvalue weighted by molar-refractivity contribution is 9.10. The van der Waals surface area contributed by atoms with Crippen molar-refractivity contribution in [3.05, 3.63) is 52.0 Å². The first-order chi connectivity index (χ1) is 9.29. The number of benzene rings is 1. The molecule has 7 heteroatoms. The van der Waals surface area contributed by atoms with Crippen LogP contribution in [-0.4, -0.2) is 13.4 Å². The van der Waals surface area contributed by atoms with Gasteiger partial charge in [0.1, 0.15) is 10.7 Å². The van der Waals surface area contributed by atoms with Crippen LogP contribution in [0.3, 0.4) is 0 Å². The number of sulfonamides is 1. The number of aromatic nitrogens is 1. The van der Waals surface area contributed by atoms with Gasteiger partial charge in [0.2, 0.25) is 0 Å². The summed E-state index contributed by atoms with van der Waals surface area (Å²) in [6, 6.07) is 4.32. The molecule has 2 rings (SSSR count). The van der Waals surface area contributed by atoms with Crippen LogP contribution in [-0.2, 0) is 10.0 Å². The van der Waals surface area contributed by atoms with Gasteiger partial charge in [0.05, 0.1) is 6.20 Å². The Morgan fingerprint density at radius 2 is 1.75 bits per heavy atom. The number of hydrogen-bond acceptors (Lipinski definition) is 3. The van der Waals surface area contributed by atoms with Gasteiger partial charge in [-0.3, -0.25) is 9.71 Å².